The van der Waals surface area contributed by atoms with Crippen molar-refractivity contribution < 1.29 is 18.0 Å². The second-order valence-corrected chi connectivity index (χ2v) is 7.41. The predicted octanol–water partition coefficient (Wildman–Crippen LogP) is 0.0411. The lowest BCUT2D eigenvalue weighted by Gasteiger charge is -2.29. The van der Waals surface area contributed by atoms with Crippen LogP contribution in [0.4, 0.5) is 0 Å². The van der Waals surface area contributed by atoms with Crippen molar-refractivity contribution in [3.63, 3.8) is 0 Å². The van der Waals surface area contributed by atoms with Crippen molar-refractivity contribution in [2.75, 3.05) is 26.9 Å². The van der Waals surface area contributed by atoms with Crippen molar-refractivity contribution in [3.8, 4) is 0 Å². The van der Waals surface area contributed by atoms with E-state index in [1.165, 1.54) is 19.0 Å². The van der Waals surface area contributed by atoms with Crippen LogP contribution in [0.5, 0.6) is 0 Å². The molecule has 1 aromatic carbocycles. The number of hydrogen-bond donors (Lipinski definition) is 1. The minimum atomic E-state index is -3.47. The molecule has 1 N–H and O–H groups in total. The van der Waals surface area contributed by atoms with Gasteiger partial charge < -0.3 is 10.2 Å². The van der Waals surface area contributed by atoms with Crippen LogP contribution >= 0.6 is 0 Å². The van der Waals surface area contributed by atoms with Crippen LogP contribution in [0.1, 0.15) is 12.5 Å². The maximum absolute atomic E-state index is 12.5. The summed E-state index contributed by atoms with van der Waals surface area (Å²) in [5.41, 5.74) is 0.860. The molecule has 0 spiro atoms. The zero-order chi connectivity index (χ0) is 17.6. The predicted molar refractivity (Wildman–Crippen MR) is 88.0 cm³/mol. The first kappa shape index (κ1) is 19.1. The summed E-state index contributed by atoms with van der Waals surface area (Å²) in [5, 5.41) is 2.50. The third-order valence-corrected chi connectivity index (χ3v) is 4.79. The fourth-order valence-electron chi connectivity index (χ4n) is 1.97. The smallest absolute Gasteiger partial charge is 0.242 e. The van der Waals surface area contributed by atoms with Gasteiger partial charge in [0.25, 0.3) is 0 Å². The number of sulfonamides is 1. The molecule has 1 aromatic rings. The molecule has 1 atom stereocenters. The van der Waals surface area contributed by atoms with Crippen LogP contribution in [0.2, 0.25) is 0 Å². The van der Waals surface area contributed by atoms with Crippen LogP contribution in [-0.4, -0.2) is 62.4 Å². The largest absolute Gasteiger partial charge is 0.357 e. The van der Waals surface area contributed by atoms with Crippen molar-refractivity contribution >= 4 is 21.8 Å². The molecule has 0 heterocycles. The first-order chi connectivity index (χ1) is 10.7. The van der Waals surface area contributed by atoms with E-state index < -0.39 is 22.0 Å². The summed E-state index contributed by atoms with van der Waals surface area (Å²) in [5.74, 6) is -0.742. The van der Waals surface area contributed by atoms with Gasteiger partial charge in [0.15, 0.2) is 0 Å². The normalized spacial score (nSPS) is 12.7. The number of nitrogens with zero attached hydrogens (tertiary/aromatic N) is 2. The summed E-state index contributed by atoms with van der Waals surface area (Å²) >= 11 is 0. The van der Waals surface area contributed by atoms with Gasteiger partial charge in [-0.2, -0.15) is 4.31 Å². The Morgan fingerprint density at radius 1 is 1.22 bits per heavy atom. The Labute approximate surface area is 137 Å². The van der Waals surface area contributed by atoms with Gasteiger partial charge in [-0.3, -0.25) is 9.59 Å². The topological polar surface area (TPSA) is 86.8 Å². The van der Waals surface area contributed by atoms with Gasteiger partial charge in [0.05, 0.1) is 12.8 Å². The molecule has 0 aromatic heterocycles. The SMILES string of the molecule is CNC(=O)[C@@H](C)N(Cc1ccccc1)C(=O)CN(C)S(C)(=O)=O. The van der Waals surface area contributed by atoms with E-state index in [4.69, 9.17) is 0 Å². The van der Waals surface area contributed by atoms with Gasteiger partial charge in [0.2, 0.25) is 21.8 Å². The minimum absolute atomic E-state index is 0.228. The van der Waals surface area contributed by atoms with Gasteiger partial charge in [-0.1, -0.05) is 30.3 Å². The van der Waals surface area contributed by atoms with Crippen LogP contribution in [0, 0.1) is 0 Å². The highest BCUT2D eigenvalue weighted by Gasteiger charge is 2.27. The monoisotopic (exact) mass is 341 g/mol. The molecule has 128 valence electrons. The van der Waals surface area contributed by atoms with E-state index >= 15 is 0 Å². The van der Waals surface area contributed by atoms with Gasteiger partial charge in [0.1, 0.15) is 6.04 Å². The first-order valence-corrected chi connectivity index (χ1v) is 8.98. The number of rotatable bonds is 7. The van der Waals surface area contributed by atoms with Crippen molar-refractivity contribution in [1.29, 1.82) is 0 Å². The Morgan fingerprint density at radius 2 is 1.78 bits per heavy atom. The molecule has 0 fully saturated rings. The highest BCUT2D eigenvalue weighted by molar-refractivity contribution is 7.88. The lowest BCUT2D eigenvalue weighted by molar-refractivity contribution is -0.140. The third-order valence-electron chi connectivity index (χ3n) is 3.53. The Kier molecular flexibility index (Phi) is 6.71. The second kappa shape index (κ2) is 8.07. The summed E-state index contributed by atoms with van der Waals surface area (Å²) in [6.07, 6.45) is 1.03. The Balaban J connectivity index is 2.99. The molecule has 0 saturated heterocycles. The molecule has 0 radical (unpaired) electrons. The molecule has 0 aliphatic carbocycles. The van der Waals surface area contributed by atoms with E-state index in [1.807, 2.05) is 30.3 Å². The number of hydrogen-bond acceptors (Lipinski definition) is 4. The number of carbonyl (C=O) groups is 2. The van der Waals surface area contributed by atoms with E-state index in [9.17, 15) is 18.0 Å². The number of likely N-dealkylation sites (N-methyl/N-ethyl adjacent to an activating group) is 2. The molecular formula is C15H23N3O4S. The number of benzene rings is 1. The number of carbonyl (C=O) groups excluding carboxylic acids is 2. The van der Waals surface area contributed by atoms with Gasteiger partial charge in [-0.25, -0.2) is 8.42 Å². The molecular weight excluding hydrogens is 318 g/mol. The van der Waals surface area contributed by atoms with Gasteiger partial charge in [-0.15, -0.1) is 0 Å². The van der Waals surface area contributed by atoms with Crippen LogP contribution in [-0.2, 0) is 26.2 Å². The zero-order valence-electron chi connectivity index (χ0n) is 13.8. The van der Waals surface area contributed by atoms with Crippen molar-refractivity contribution in [1.82, 2.24) is 14.5 Å². The van der Waals surface area contributed by atoms with Crippen molar-refractivity contribution in [2.45, 2.75) is 19.5 Å². The van der Waals surface area contributed by atoms with Crippen LogP contribution in [0.3, 0.4) is 0 Å². The molecule has 23 heavy (non-hydrogen) atoms. The Hall–Kier alpha value is -1.93. The average Bonchev–Trinajstić information content (AvgIpc) is 2.51. The molecule has 7 nitrogen and oxygen atoms in total. The zero-order valence-corrected chi connectivity index (χ0v) is 14.6. The average molecular weight is 341 g/mol. The summed E-state index contributed by atoms with van der Waals surface area (Å²) in [6.45, 7) is 1.53. The molecule has 0 aliphatic heterocycles. The van der Waals surface area contributed by atoms with Crippen molar-refractivity contribution in [3.05, 3.63) is 35.9 Å². The quantitative estimate of drug-likeness (QED) is 0.759. The summed E-state index contributed by atoms with van der Waals surface area (Å²) in [6, 6.07) is 8.51. The van der Waals surface area contributed by atoms with Crippen LogP contribution in [0.25, 0.3) is 0 Å². The fourth-order valence-corrected chi connectivity index (χ4v) is 2.32. The fraction of sp³-hybridized carbons (Fsp3) is 0.467. The van der Waals surface area contributed by atoms with Gasteiger partial charge in [0, 0.05) is 20.6 Å². The van der Waals surface area contributed by atoms with Crippen LogP contribution in [0.15, 0.2) is 30.3 Å². The highest BCUT2D eigenvalue weighted by Crippen LogP contribution is 2.10. The second-order valence-electron chi connectivity index (χ2n) is 5.32. The number of amides is 2. The van der Waals surface area contributed by atoms with E-state index in [2.05, 4.69) is 5.32 Å². The lowest BCUT2D eigenvalue weighted by atomic mass is 10.1. The highest BCUT2D eigenvalue weighted by atomic mass is 32.2. The van der Waals surface area contributed by atoms with E-state index in [0.717, 1.165) is 16.1 Å². The van der Waals surface area contributed by atoms with E-state index in [1.54, 1.807) is 6.92 Å². The molecule has 0 aliphatic rings. The summed E-state index contributed by atoms with van der Waals surface area (Å²) in [4.78, 5) is 25.8. The van der Waals surface area contributed by atoms with Crippen molar-refractivity contribution in [2.24, 2.45) is 0 Å². The molecule has 8 heteroatoms. The maximum Gasteiger partial charge on any atom is 0.242 e. The van der Waals surface area contributed by atoms with Crippen LogP contribution < -0.4 is 5.32 Å². The Morgan fingerprint density at radius 3 is 2.26 bits per heavy atom. The minimum Gasteiger partial charge on any atom is -0.357 e. The van der Waals surface area contributed by atoms with Gasteiger partial charge in [-0.05, 0) is 12.5 Å². The molecule has 1 rings (SSSR count). The standard InChI is InChI=1S/C15H23N3O4S/c1-12(15(20)16-2)18(10-13-8-6-5-7-9-13)14(19)11-17(3)23(4,21)22/h5-9,12H,10-11H2,1-4H3,(H,16,20)/t12-/m1/s1. The Bertz CT molecular complexity index is 646. The van der Waals surface area contributed by atoms with E-state index in [0.29, 0.717) is 0 Å². The maximum atomic E-state index is 12.5. The third kappa shape index (κ3) is 5.65. The molecule has 2 amide bonds. The van der Waals surface area contributed by atoms with Gasteiger partial charge >= 0.3 is 0 Å². The first-order valence-electron chi connectivity index (χ1n) is 7.13. The van der Waals surface area contributed by atoms with E-state index in [-0.39, 0.29) is 19.0 Å². The summed E-state index contributed by atoms with van der Waals surface area (Å²) in [7, 11) is -0.646. The molecule has 0 bridgehead atoms. The summed E-state index contributed by atoms with van der Waals surface area (Å²) < 4.78 is 23.9. The lowest BCUT2D eigenvalue weighted by Crippen LogP contribution is -2.50. The number of nitrogens with one attached hydrogen (secondary N) is 1. The molecule has 0 saturated carbocycles. The molecule has 0 unspecified atom stereocenters.